The summed E-state index contributed by atoms with van der Waals surface area (Å²) in [5, 5.41) is 9.88. The molecule has 0 bridgehead atoms. The van der Waals surface area contributed by atoms with E-state index in [-0.39, 0.29) is 18.0 Å². The van der Waals surface area contributed by atoms with Crippen LogP contribution in [0.2, 0.25) is 0 Å². The number of ether oxygens (including phenoxy) is 3. The summed E-state index contributed by atoms with van der Waals surface area (Å²) in [5.74, 6) is 1.53. The number of benzene rings is 2. The van der Waals surface area contributed by atoms with Gasteiger partial charge in [-0.25, -0.2) is 0 Å². The normalized spacial score (nSPS) is 16.6. The Balaban J connectivity index is 1.94. The first kappa shape index (κ1) is 14.3. The lowest BCUT2D eigenvalue weighted by molar-refractivity contribution is 0.0849. The van der Waals surface area contributed by atoms with Gasteiger partial charge in [0.15, 0.2) is 17.3 Å². The van der Waals surface area contributed by atoms with Gasteiger partial charge in [-0.1, -0.05) is 6.07 Å². The molecule has 1 atom stereocenters. The number of hydrogen-bond donors (Lipinski definition) is 1. The molecule has 1 N–H and O–H groups in total. The number of hydrogen-bond acceptors (Lipinski definition) is 5. The van der Waals surface area contributed by atoms with E-state index >= 15 is 0 Å². The lowest BCUT2D eigenvalue weighted by atomic mass is 9.96. The first-order chi connectivity index (χ1) is 10.6. The fraction of sp³-hybridized carbons (Fsp3) is 0.235. The zero-order chi connectivity index (χ0) is 15.7. The lowest BCUT2D eigenvalue weighted by Crippen LogP contribution is -2.20. The average Bonchev–Trinajstić information content (AvgIpc) is 2.54. The van der Waals surface area contributed by atoms with Crippen LogP contribution in [-0.2, 0) is 0 Å². The van der Waals surface area contributed by atoms with Crippen LogP contribution in [0.4, 0.5) is 0 Å². The van der Waals surface area contributed by atoms with E-state index in [9.17, 15) is 9.90 Å². The molecule has 2 aromatic carbocycles. The molecule has 0 saturated heterocycles. The molecule has 3 rings (SSSR count). The number of carbonyl (C=O) groups is 1. The van der Waals surface area contributed by atoms with Gasteiger partial charge in [0.1, 0.15) is 17.6 Å². The van der Waals surface area contributed by atoms with Gasteiger partial charge in [-0.15, -0.1) is 0 Å². The largest absolute Gasteiger partial charge is 0.504 e. The fourth-order valence-electron chi connectivity index (χ4n) is 2.52. The summed E-state index contributed by atoms with van der Waals surface area (Å²) in [6.07, 6.45) is -0.214. The monoisotopic (exact) mass is 300 g/mol. The Hall–Kier alpha value is -2.69. The van der Waals surface area contributed by atoms with Crippen LogP contribution in [0.15, 0.2) is 36.4 Å². The van der Waals surface area contributed by atoms with Gasteiger partial charge < -0.3 is 19.3 Å². The van der Waals surface area contributed by atoms with Crippen LogP contribution < -0.4 is 14.2 Å². The second-order valence-corrected chi connectivity index (χ2v) is 5.03. The second kappa shape index (κ2) is 5.60. The number of rotatable bonds is 3. The van der Waals surface area contributed by atoms with Crippen molar-refractivity contribution in [2.24, 2.45) is 0 Å². The van der Waals surface area contributed by atoms with Crippen LogP contribution in [0, 0.1) is 0 Å². The Morgan fingerprint density at radius 2 is 1.95 bits per heavy atom. The van der Waals surface area contributed by atoms with E-state index in [1.54, 1.807) is 43.5 Å². The SMILES string of the molecule is COc1ccc2c(c1)O[C@H](c1ccc(OC)c(O)c1)CC2=O. The first-order valence-corrected chi connectivity index (χ1v) is 6.87. The predicted molar refractivity (Wildman–Crippen MR) is 80.0 cm³/mol. The molecule has 5 nitrogen and oxygen atoms in total. The fourth-order valence-corrected chi connectivity index (χ4v) is 2.52. The van der Waals surface area contributed by atoms with E-state index in [0.29, 0.717) is 22.8 Å². The molecule has 0 radical (unpaired) electrons. The van der Waals surface area contributed by atoms with Gasteiger partial charge >= 0.3 is 0 Å². The van der Waals surface area contributed by atoms with Crippen molar-refractivity contribution in [3.63, 3.8) is 0 Å². The van der Waals surface area contributed by atoms with E-state index in [1.165, 1.54) is 7.11 Å². The zero-order valence-corrected chi connectivity index (χ0v) is 12.3. The van der Waals surface area contributed by atoms with Crippen molar-refractivity contribution in [2.75, 3.05) is 14.2 Å². The van der Waals surface area contributed by atoms with Gasteiger partial charge in [-0.05, 0) is 29.8 Å². The van der Waals surface area contributed by atoms with E-state index in [0.717, 1.165) is 5.56 Å². The highest BCUT2D eigenvalue weighted by atomic mass is 16.5. The maximum Gasteiger partial charge on any atom is 0.170 e. The number of phenolic OH excluding ortho intramolecular Hbond substituents is 1. The van der Waals surface area contributed by atoms with Crippen LogP contribution in [0.1, 0.15) is 28.4 Å². The van der Waals surface area contributed by atoms with Gasteiger partial charge in [0.25, 0.3) is 0 Å². The van der Waals surface area contributed by atoms with Crippen LogP contribution in [0.3, 0.4) is 0 Å². The van der Waals surface area contributed by atoms with Crippen molar-refractivity contribution in [1.82, 2.24) is 0 Å². The Morgan fingerprint density at radius 3 is 2.64 bits per heavy atom. The summed E-state index contributed by atoms with van der Waals surface area (Å²) in [5.41, 5.74) is 1.27. The number of phenols is 1. The summed E-state index contributed by atoms with van der Waals surface area (Å²) in [6, 6.07) is 10.1. The van der Waals surface area contributed by atoms with Crippen LogP contribution in [0.5, 0.6) is 23.0 Å². The number of methoxy groups -OCH3 is 2. The topological polar surface area (TPSA) is 65.0 Å². The molecular formula is C17H16O5. The van der Waals surface area contributed by atoms with Gasteiger partial charge in [-0.3, -0.25) is 4.79 Å². The van der Waals surface area contributed by atoms with Crippen molar-refractivity contribution in [2.45, 2.75) is 12.5 Å². The third-order valence-corrected chi connectivity index (χ3v) is 3.70. The average molecular weight is 300 g/mol. The minimum absolute atomic E-state index is 0.00390. The van der Waals surface area contributed by atoms with Crippen molar-refractivity contribution >= 4 is 5.78 Å². The van der Waals surface area contributed by atoms with Crippen LogP contribution >= 0.6 is 0 Å². The number of Topliss-reactive ketones (excluding diaryl/α,β-unsaturated/α-hetero) is 1. The van der Waals surface area contributed by atoms with E-state index < -0.39 is 6.10 Å². The highest BCUT2D eigenvalue weighted by Crippen LogP contribution is 2.38. The van der Waals surface area contributed by atoms with Gasteiger partial charge in [0, 0.05) is 6.07 Å². The highest BCUT2D eigenvalue weighted by Gasteiger charge is 2.28. The molecule has 2 aromatic rings. The van der Waals surface area contributed by atoms with Crippen molar-refractivity contribution in [3.8, 4) is 23.0 Å². The molecule has 1 aliphatic heterocycles. The Kier molecular flexibility index (Phi) is 3.63. The summed E-state index contributed by atoms with van der Waals surface area (Å²) in [6.45, 7) is 0. The molecule has 114 valence electrons. The van der Waals surface area contributed by atoms with Crippen molar-refractivity contribution in [3.05, 3.63) is 47.5 Å². The molecule has 0 aromatic heterocycles. The summed E-state index contributed by atoms with van der Waals surface area (Å²) < 4.78 is 16.1. The zero-order valence-electron chi connectivity index (χ0n) is 12.3. The number of ketones is 1. The van der Waals surface area contributed by atoms with Gasteiger partial charge in [0.05, 0.1) is 26.2 Å². The molecule has 1 aliphatic rings. The molecule has 0 aliphatic carbocycles. The number of fused-ring (bicyclic) bond motifs is 1. The predicted octanol–water partition coefficient (Wildman–Crippen LogP) is 3.12. The Labute approximate surface area is 128 Å². The van der Waals surface area contributed by atoms with Crippen molar-refractivity contribution < 1.29 is 24.1 Å². The third kappa shape index (κ3) is 2.45. The number of carbonyl (C=O) groups excluding carboxylic acids is 1. The smallest absolute Gasteiger partial charge is 0.170 e. The van der Waals surface area contributed by atoms with Crippen LogP contribution in [-0.4, -0.2) is 25.1 Å². The van der Waals surface area contributed by atoms with Gasteiger partial charge in [-0.2, -0.15) is 0 Å². The van der Waals surface area contributed by atoms with E-state index in [2.05, 4.69) is 0 Å². The molecular weight excluding hydrogens is 284 g/mol. The Bertz CT molecular complexity index is 723. The molecule has 0 unspecified atom stereocenters. The minimum atomic E-state index is -0.441. The maximum absolute atomic E-state index is 12.3. The lowest BCUT2D eigenvalue weighted by Gasteiger charge is -2.26. The molecule has 5 heteroatoms. The molecule has 0 fully saturated rings. The minimum Gasteiger partial charge on any atom is -0.504 e. The van der Waals surface area contributed by atoms with E-state index in [1.807, 2.05) is 0 Å². The van der Waals surface area contributed by atoms with Crippen molar-refractivity contribution in [1.29, 1.82) is 0 Å². The summed E-state index contributed by atoms with van der Waals surface area (Å²) in [7, 11) is 3.04. The maximum atomic E-state index is 12.3. The molecule has 0 spiro atoms. The first-order valence-electron chi connectivity index (χ1n) is 6.87. The second-order valence-electron chi connectivity index (χ2n) is 5.03. The molecule has 22 heavy (non-hydrogen) atoms. The van der Waals surface area contributed by atoms with E-state index in [4.69, 9.17) is 14.2 Å². The van der Waals surface area contributed by atoms with Crippen LogP contribution in [0.25, 0.3) is 0 Å². The quantitative estimate of drug-likeness (QED) is 0.943. The van der Waals surface area contributed by atoms with Gasteiger partial charge in [0.2, 0.25) is 0 Å². The summed E-state index contributed by atoms with van der Waals surface area (Å²) >= 11 is 0. The highest BCUT2D eigenvalue weighted by molar-refractivity contribution is 6.00. The summed E-state index contributed by atoms with van der Waals surface area (Å²) in [4.78, 5) is 12.3. The molecule has 1 heterocycles. The third-order valence-electron chi connectivity index (χ3n) is 3.70. The molecule has 0 amide bonds. The number of aromatic hydroxyl groups is 1. The molecule has 0 saturated carbocycles. The Morgan fingerprint density at radius 1 is 1.14 bits per heavy atom. The standard InChI is InChI=1S/C17H16O5/c1-20-11-4-5-12-13(18)9-16(22-17(12)8-11)10-3-6-15(21-2)14(19)7-10/h3-8,16,19H,9H2,1-2H3/t16-/m0/s1.